The number of nitrogens with zero attached hydrogens (tertiary/aromatic N) is 3. The second-order valence-electron chi connectivity index (χ2n) is 8.77. The van der Waals surface area contributed by atoms with Gasteiger partial charge >= 0.3 is 0 Å². The van der Waals surface area contributed by atoms with E-state index in [1.54, 1.807) is 7.05 Å². The van der Waals surface area contributed by atoms with Gasteiger partial charge in [0.15, 0.2) is 0 Å². The minimum absolute atomic E-state index is 0.0843. The van der Waals surface area contributed by atoms with Crippen molar-refractivity contribution >= 4 is 38.7 Å². The van der Waals surface area contributed by atoms with Crippen molar-refractivity contribution in [1.29, 1.82) is 0 Å². The van der Waals surface area contributed by atoms with Crippen molar-refractivity contribution in [2.24, 2.45) is 5.92 Å². The van der Waals surface area contributed by atoms with E-state index in [1.165, 1.54) is 34.6 Å². The van der Waals surface area contributed by atoms with Gasteiger partial charge in [-0.05, 0) is 68.1 Å². The van der Waals surface area contributed by atoms with Crippen LogP contribution in [0.15, 0.2) is 60.7 Å². The van der Waals surface area contributed by atoms with Gasteiger partial charge in [-0.25, -0.2) is 4.98 Å². The van der Waals surface area contributed by atoms with Gasteiger partial charge in [-0.3, -0.25) is 4.79 Å². The van der Waals surface area contributed by atoms with Gasteiger partial charge in [0.1, 0.15) is 5.82 Å². The fraction of sp³-hybridized carbons (Fsp3) is 0.259. The quantitative estimate of drug-likeness (QED) is 0.401. The second-order valence-corrected chi connectivity index (χ2v) is 8.77. The molecule has 1 N–H and O–H groups in total. The number of rotatable bonds is 5. The molecule has 32 heavy (non-hydrogen) atoms. The van der Waals surface area contributed by atoms with Gasteiger partial charge in [0, 0.05) is 53.1 Å². The summed E-state index contributed by atoms with van der Waals surface area (Å²) in [5.74, 6) is 1.62. The molecular weight excluding hydrogens is 396 g/mol. The molecule has 0 bridgehead atoms. The number of aromatic nitrogens is 3. The van der Waals surface area contributed by atoms with E-state index in [4.69, 9.17) is 4.98 Å². The predicted molar refractivity (Wildman–Crippen MR) is 130 cm³/mol. The summed E-state index contributed by atoms with van der Waals surface area (Å²) in [5.41, 5.74) is 6.25. The van der Waals surface area contributed by atoms with Crippen LogP contribution < -0.4 is 5.32 Å². The number of carbonyl (C=O) groups excluding carboxylic acids is 1. The number of benzene rings is 3. The molecule has 2 aromatic heterocycles. The zero-order chi connectivity index (χ0) is 21.8. The van der Waals surface area contributed by atoms with Gasteiger partial charge in [0.05, 0.1) is 11.0 Å². The van der Waals surface area contributed by atoms with Crippen LogP contribution in [-0.4, -0.2) is 27.1 Å². The molecular formula is C27H26N4O. The number of amides is 1. The number of nitrogens with one attached hydrogen (secondary N) is 1. The van der Waals surface area contributed by atoms with E-state index in [0.717, 1.165) is 41.4 Å². The largest absolute Gasteiger partial charge is 0.355 e. The average molecular weight is 423 g/mol. The molecule has 1 aliphatic carbocycles. The van der Waals surface area contributed by atoms with E-state index < -0.39 is 0 Å². The zero-order valence-electron chi connectivity index (χ0n) is 18.4. The number of imidazole rings is 1. The second kappa shape index (κ2) is 7.23. The monoisotopic (exact) mass is 422 g/mol. The minimum Gasteiger partial charge on any atom is -0.355 e. The minimum atomic E-state index is -0.0843. The number of hydrogen-bond donors (Lipinski definition) is 1. The third-order valence-electron chi connectivity index (χ3n) is 6.72. The Labute approximate surface area is 186 Å². The van der Waals surface area contributed by atoms with Gasteiger partial charge in [-0.1, -0.05) is 18.2 Å². The first-order valence-electron chi connectivity index (χ1n) is 11.4. The molecule has 6 rings (SSSR count). The Bertz CT molecular complexity index is 1500. The van der Waals surface area contributed by atoms with Gasteiger partial charge in [-0.15, -0.1) is 0 Å². The summed E-state index contributed by atoms with van der Waals surface area (Å²) in [6.45, 7) is 4.10. The molecule has 0 unspecified atom stereocenters. The third kappa shape index (κ3) is 2.92. The molecule has 3 aromatic carbocycles. The summed E-state index contributed by atoms with van der Waals surface area (Å²) in [6, 6.07) is 21.2. The van der Waals surface area contributed by atoms with Crippen molar-refractivity contribution < 1.29 is 4.79 Å². The molecule has 1 fully saturated rings. The van der Waals surface area contributed by atoms with Crippen LogP contribution in [0.25, 0.3) is 44.2 Å². The van der Waals surface area contributed by atoms with E-state index in [2.05, 4.69) is 63.8 Å². The van der Waals surface area contributed by atoms with Gasteiger partial charge in [0.2, 0.25) is 0 Å². The van der Waals surface area contributed by atoms with E-state index in [9.17, 15) is 4.79 Å². The topological polar surface area (TPSA) is 51.9 Å². The Balaban J connectivity index is 1.57. The fourth-order valence-electron chi connectivity index (χ4n) is 4.91. The summed E-state index contributed by atoms with van der Waals surface area (Å²) >= 11 is 0. The number of fused-ring (bicyclic) bond motifs is 4. The van der Waals surface area contributed by atoms with Crippen LogP contribution in [0.2, 0.25) is 0 Å². The lowest BCUT2D eigenvalue weighted by Gasteiger charge is -2.09. The highest BCUT2D eigenvalue weighted by atomic mass is 16.1. The van der Waals surface area contributed by atoms with Crippen molar-refractivity contribution in [3.63, 3.8) is 0 Å². The van der Waals surface area contributed by atoms with Crippen molar-refractivity contribution in [3.05, 3.63) is 66.2 Å². The van der Waals surface area contributed by atoms with Crippen LogP contribution >= 0.6 is 0 Å². The van der Waals surface area contributed by atoms with Crippen LogP contribution in [0.3, 0.4) is 0 Å². The highest BCUT2D eigenvalue weighted by Crippen LogP contribution is 2.37. The number of carbonyl (C=O) groups is 1. The van der Waals surface area contributed by atoms with Gasteiger partial charge in [-0.2, -0.15) is 0 Å². The molecule has 5 heteroatoms. The van der Waals surface area contributed by atoms with E-state index in [-0.39, 0.29) is 5.91 Å². The molecule has 1 aliphatic rings. The first kappa shape index (κ1) is 19.1. The molecule has 5 nitrogen and oxygen atoms in total. The lowest BCUT2D eigenvalue weighted by Crippen LogP contribution is -2.17. The summed E-state index contributed by atoms with van der Waals surface area (Å²) < 4.78 is 4.72. The molecule has 160 valence electrons. The summed E-state index contributed by atoms with van der Waals surface area (Å²) in [7, 11) is 1.66. The lowest BCUT2D eigenvalue weighted by atomic mass is 10.1. The maximum atomic E-state index is 12.2. The van der Waals surface area contributed by atoms with Crippen LogP contribution in [0.1, 0.15) is 30.1 Å². The van der Waals surface area contributed by atoms with Crippen molar-refractivity contribution in [3.8, 4) is 11.4 Å². The van der Waals surface area contributed by atoms with Gasteiger partial charge < -0.3 is 14.5 Å². The van der Waals surface area contributed by atoms with Crippen molar-refractivity contribution in [2.45, 2.75) is 32.9 Å². The number of aryl methyl sites for hydroxylation is 1. The molecule has 0 aliphatic heterocycles. The number of para-hydroxylation sites is 1. The molecule has 0 radical (unpaired) electrons. The Kier molecular flexibility index (Phi) is 4.32. The van der Waals surface area contributed by atoms with Crippen molar-refractivity contribution in [2.75, 3.05) is 7.05 Å². The van der Waals surface area contributed by atoms with Crippen LogP contribution in [0, 0.1) is 5.92 Å². The smallest absolute Gasteiger partial charge is 0.251 e. The van der Waals surface area contributed by atoms with Gasteiger partial charge in [0.25, 0.3) is 5.91 Å². The molecule has 2 heterocycles. The fourth-order valence-corrected chi connectivity index (χ4v) is 4.91. The maximum absolute atomic E-state index is 12.2. The van der Waals surface area contributed by atoms with E-state index in [1.807, 2.05) is 18.2 Å². The predicted octanol–water partition coefficient (Wildman–Crippen LogP) is 5.60. The van der Waals surface area contributed by atoms with E-state index >= 15 is 0 Å². The third-order valence-corrected chi connectivity index (χ3v) is 6.72. The highest BCUT2D eigenvalue weighted by molar-refractivity contribution is 6.09. The Morgan fingerprint density at radius 3 is 2.53 bits per heavy atom. The highest BCUT2D eigenvalue weighted by Gasteiger charge is 2.25. The molecule has 0 saturated heterocycles. The molecule has 1 amide bonds. The Hall–Kier alpha value is -3.60. The number of hydrogen-bond acceptors (Lipinski definition) is 2. The lowest BCUT2D eigenvalue weighted by molar-refractivity contribution is 0.0963. The maximum Gasteiger partial charge on any atom is 0.251 e. The molecule has 5 aromatic rings. The SMILES string of the molecule is CCn1c2ccccc2c2cc(-c3nc4cc(C(=O)NC)ccc4n3CC3CC3)ccc21. The standard InChI is InChI=1S/C27H26N4O/c1-3-30-23-7-5-4-6-20(23)21-14-18(10-12-24(21)30)26-29-22-15-19(27(32)28-2)11-13-25(22)31(26)16-17-8-9-17/h4-7,10-15,17H,3,8-9,16H2,1-2H3,(H,28,32). The summed E-state index contributed by atoms with van der Waals surface area (Å²) in [6.07, 6.45) is 2.55. The molecule has 0 spiro atoms. The Morgan fingerprint density at radius 2 is 1.75 bits per heavy atom. The first-order chi connectivity index (χ1) is 15.7. The van der Waals surface area contributed by atoms with Crippen LogP contribution in [-0.2, 0) is 13.1 Å². The zero-order valence-corrected chi connectivity index (χ0v) is 18.4. The van der Waals surface area contributed by atoms with Crippen LogP contribution in [0.5, 0.6) is 0 Å². The Morgan fingerprint density at radius 1 is 0.969 bits per heavy atom. The van der Waals surface area contributed by atoms with E-state index in [0.29, 0.717) is 5.56 Å². The average Bonchev–Trinajstić information content (AvgIpc) is 3.50. The molecule has 0 atom stereocenters. The van der Waals surface area contributed by atoms with Crippen LogP contribution in [0.4, 0.5) is 0 Å². The molecule has 1 saturated carbocycles. The first-order valence-corrected chi connectivity index (χ1v) is 11.4. The normalized spacial score (nSPS) is 13.9. The van der Waals surface area contributed by atoms with Crippen molar-refractivity contribution in [1.82, 2.24) is 19.4 Å². The summed E-state index contributed by atoms with van der Waals surface area (Å²) in [4.78, 5) is 17.2. The summed E-state index contributed by atoms with van der Waals surface area (Å²) in [5, 5.41) is 5.25.